The summed E-state index contributed by atoms with van der Waals surface area (Å²) in [6.45, 7) is 8.91. The molecule has 92 valence electrons. The van der Waals surface area contributed by atoms with Crippen molar-refractivity contribution in [3.63, 3.8) is 0 Å². The van der Waals surface area contributed by atoms with E-state index in [0.717, 1.165) is 37.6 Å². The second-order valence-electron chi connectivity index (χ2n) is 4.42. The first kappa shape index (κ1) is 11.8. The first-order valence-electron chi connectivity index (χ1n) is 5.93. The van der Waals surface area contributed by atoms with Crippen molar-refractivity contribution in [1.29, 1.82) is 0 Å². The number of aryl methyl sites for hydroxylation is 2. The molecule has 0 bridgehead atoms. The Labute approximate surface area is 101 Å². The number of likely N-dealkylation sites (tertiary alicyclic amines) is 1. The first-order valence-corrected chi connectivity index (χ1v) is 5.93. The molecular formula is C12H18N4O. The van der Waals surface area contributed by atoms with E-state index in [2.05, 4.69) is 16.7 Å². The Bertz CT molecular complexity index is 438. The maximum absolute atomic E-state index is 11.7. The Morgan fingerprint density at radius 3 is 2.94 bits per heavy atom. The van der Waals surface area contributed by atoms with Crippen LogP contribution in [0.2, 0.25) is 0 Å². The Morgan fingerprint density at radius 1 is 1.59 bits per heavy atom. The van der Waals surface area contributed by atoms with Gasteiger partial charge in [0.15, 0.2) is 0 Å². The normalized spacial score (nSPS) is 19.6. The van der Waals surface area contributed by atoms with Crippen LogP contribution in [-0.2, 0) is 11.3 Å². The van der Waals surface area contributed by atoms with Crippen LogP contribution >= 0.6 is 0 Å². The van der Waals surface area contributed by atoms with Crippen molar-refractivity contribution < 1.29 is 4.79 Å². The molecule has 1 atom stereocenters. The minimum atomic E-state index is 0.0157. The summed E-state index contributed by atoms with van der Waals surface area (Å²) in [7, 11) is 0. The smallest absolute Gasteiger partial charge is 0.246 e. The SMILES string of the molecule is C=CC(=O)N1CCC[C@H]1Cn1nc(C)nc1C. The number of carbonyl (C=O) groups is 1. The van der Waals surface area contributed by atoms with Gasteiger partial charge in [-0.3, -0.25) is 4.79 Å². The van der Waals surface area contributed by atoms with Gasteiger partial charge in [0.2, 0.25) is 5.91 Å². The predicted octanol–water partition coefficient (Wildman–Crippen LogP) is 1.07. The van der Waals surface area contributed by atoms with E-state index in [9.17, 15) is 4.79 Å². The molecule has 2 rings (SSSR count). The third-order valence-electron chi connectivity index (χ3n) is 3.18. The zero-order valence-electron chi connectivity index (χ0n) is 10.4. The van der Waals surface area contributed by atoms with Crippen molar-refractivity contribution in [3.8, 4) is 0 Å². The highest BCUT2D eigenvalue weighted by Gasteiger charge is 2.28. The van der Waals surface area contributed by atoms with Gasteiger partial charge in [-0.15, -0.1) is 0 Å². The van der Waals surface area contributed by atoms with Gasteiger partial charge in [-0.1, -0.05) is 6.58 Å². The van der Waals surface area contributed by atoms with Crippen LogP contribution in [0.1, 0.15) is 24.5 Å². The Hall–Kier alpha value is -1.65. The van der Waals surface area contributed by atoms with Crippen molar-refractivity contribution in [1.82, 2.24) is 19.7 Å². The molecular weight excluding hydrogens is 216 g/mol. The number of amides is 1. The van der Waals surface area contributed by atoms with Crippen molar-refractivity contribution in [2.75, 3.05) is 6.54 Å². The molecule has 1 aromatic heterocycles. The highest BCUT2D eigenvalue weighted by atomic mass is 16.2. The Morgan fingerprint density at radius 2 is 2.35 bits per heavy atom. The molecule has 0 N–H and O–H groups in total. The average Bonchev–Trinajstić information content (AvgIpc) is 2.86. The fourth-order valence-electron chi connectivity index (χ4n) is 2.37. The molecule has 1 aliphatic rings. The number of hydrogen-bond acceptors (Lipinski definition) is 3. The first-order chi connectivity index (χ1) is 8.11. The lowest BCUT2D eigenvalue weighted by Crippen LogP contribution is -2.37. The maximum Gasteiger partial charge on any atom is 0.246 e. The molecule has 0 radical (unpaired) electrons. The second-order valence-corrected chi connectivity index (χ2v) is 4.42. The summed E-state index contributed by atoms with van der Waals surface area (Å²) in [5.41, 5.74) is 0. The van der Waals surface area contributed by atoms with E-state index >= 15 is 0 Å². The van der Waals surface area contributed by atoms with Crippen molar-refractivity contribution in [2.45, 2.75) is 39.3 Å². The zero-order chi connectivity index (χ0) is 12.4. The average molecular weight is 234 g/mol. The lowest BCUT2D eigenvalue weighted by atomic mass is 10.2. The predicted molar refractivity (Wildman–Crippen MR) is 64.4 cm³/mol. The Balaban J connectivity index is 2.10. The third-order valence-corrected chi connectivity index (χ3v) is 3.18. The number of rotatable bonds is 3. The van der Waals surface area contributed by atoms with E-state index in [4.69, 9.17) is 0 Å². The summed E-state index contributed by atoms with van der Waals surface area (Å²) < 4.78 is 1.88. The third kappa shape index (κ3) is 2.38. The Kier molecular flexibility index (Phi) is 3.26. The maximum atomic E-state index is 11.7. The molecule has 1 aliphatic heterocycles. The van der Waals surface area contributed by atoms with Gasteiger partial charge in [0.05, 0.1) is 12.6 Å². The lowest BCUT2D eigenvalue weighted by Gasteiger charge is -2.23. The van der Waals surface area contributed by atoms with Crippen LogP contribution < -0.4 is 0 Å². The van der Waals surface area contributed by atoms with Crippen LogP contribution in [0.25, 0.3) is 0 Å². The fraction of sp³-hybridized carbons (Fsp3) is 0.583. The second kappa shape index (κ2) is 4.69. The van der Waals surface area contributed by atoms with Crippen molar-refractivity contribution in [2.24, 2.45) is 0 Å². The summed E-state index contributed by atoms with van der Waals surface area (Å²) in [6.07, 6.45) is 3.46. The van der Waals surface area contributed by atoms with Crippen LogP contribution in [0.3, 0.4) is 0 Å². The molecule has 0 aromatic carbocycles. The molecule has 0 aliphatic carbocycles. The summed E-state index contributed by atoms with van der Waals surface area (Å²) >= 11 is 0. The highest BCUT2D eigenvalue weighted by Crippen LogP contribution is 2.19. The zero-order valence-corrected chi connectivity index (χ0v) is 10.4. The molecule has 5 nitrogen and oxygen atoms in total. The molecule has 1 saturated heterocycles. The summed E-state index contributed by atoms with van der Waals surface area (Å²) in [5, 5.41) is 4.34. The van der Waals surface area contributed by atoms with Gasteiger partial charge >= 0.3 is 0 Å². The molecule has 0 spiro atoms. The summed E-state index contributed by atoms with van der Waals surface area (Å²) in [6, 6.07) is 0.222. The summed E-state index contributed by atoms with van der Waals surface area (Å²) in [5.74, 6) is 1.70. The van der Waals surface area contributed by atoms with E-state index in [0.29, 0.717) is 0 Å². The van der Waals surface area contributed by atoms with Gasteiger partial charge < -0.3 is 4.90 Å². The molecule has 1 amide bonds. The van der Waals surface area contributed by atoms with Crippen LogP contribution in [0, 0.1) is 13.8 Å². The largest absolute Gasteiger partial charge is 0.334 e. The van der Waals surface area contributed by atoms with Gasteiger partial charge in [-0.05, 0) is 32.8 Å². The van der Waals surface area contributed by atoms with E-state index < -0.39 is 0 Å². The number of carbonyl (C=O) groups excluding carboxylic acids is 1. The van der Waals surface area contributed by atoms with Crippen LogP contribution in [0.5, 0.6) is 0 Å². The molecule has 1 fully saturated rings. The van der Waals surface area contributed by atoms with Crippen molar-refractivity contribution >= 4 is 5.91 Å². The standard InChI is InChI=1S/C12H18N4O/c1-4-12(17)15-7-5-6-11(15)8-16-10(3)13-9(2)14-16/h4,11H,1,5-8H2,2-3H3/t11-/m0/s1. The molecule has 5 heteroatoms. The van der Waals surface area contributed by atoms with E-state index in [1.165, 1.54) is 6.08 Å². The van der Waals surface area contributed by atoms with E-state index in [1.807, 2.05) is 23.4 Å². The summed E-state index contributed by atoms with van der Waals surface area (Å²) in [4.78, 5) is 17.8. The van der Waals surface area contributed by atoms with Gasteiger partial charge in [0.25, 0.3) is 0 Å². The minimum absolute atomic E-state index is 0.0157. The molecule has 0 saturated carbocycles. The quantitative estimate of drug-likeness (QED) is 0.735. The highest BCUT2D eigenvalue weighted by molar-refractivity contribution is 5.87. The fourth-order valence-corrected chi connectivity index (χ4v) is 2.37. The topological polar surface area (TPSA) is 51.0 Å². The van der Waals surface area contributed by atoms with Crippen LogP contribution in [0.4, 0.5) is 0 Å². The lowest BCUT2D eigenvalue weighted by molar-refractivity contribution is -0.127. The number of hydrogen-bond donors (Lipinski definition) is 0. The van der Waals surface area contributed by atoms with Crippen molar-refractivity contribution in [3.05, 3.63) is 24.3 Å². The van der Waals surface area contributed by atoms with Gasteiger partial charge in [-0.25, -0.2) is 9.67 Å². The minimum Gasteiger partial charge on any atom is -0.334 e. The van der Waals surface area contributed by atoms with E-state index in [1.54, 1.807) is 0 Å². The van der Waals surface area contributed by atoms with Gasteiger partial charge in [0.1, 0.15) is 11.6 Å². The molecule has 0 unspecified atom stereocenters. The number of nitrogens with zero attached hydrogens (tertiary/aromatic N) is 4. The number of aromatic nitrogens is 3. The molecule has 1 aromatic rings. The van der Waals surface area contributed by atoms with Gasteiger partial charge in [0, 0.05) is 6.54 Å². The molecule has 2 heterocycles. The van der Waals surface area contributed by atoms with Crippen LogP contribution in [0.15, 0.2) is 12.7 Å². The monoisotopic (exact) mass is 234 g/mol. The van der Waals surface area contributed by atoms with Gasteiger partial charge in [-0.2, -0.15) is 5.10 Å². The van der Waals surface area contributed by atoms with Crippen LogP contribution in [-0.4, -0.2) is 38.2 Å². The molecule has 17 heavy (non-hydrogen) atoms. The van der Waals surface area contributed by atoms with E-state index in [-0.39, 0.29) is 11.9 Å².